The Morgan fingerprint density at radius 1 is 1.03 bits per heavy atom. The number of piperidine rings is 1. The molecule has 0 aliphatic carbocycles. The summed E-state index contributed by atoms with van der Waals surface area (Å²) in [4.78, 5) is 45.2. The fourth-order valence-corrected chi connectivity index (χ4v) is 5.41. The predicted octanol–water partition coefficient (Wildman–Crippen LogP) is 4.51. The molecule has 36 heavy (non-hydrogen) atoms. The molecule has 0 bridgehead atoms. The molecule has 1 unspecified atom stereocenters. The van der Waals surface area contributed by atoms with Gasteiger partial charge in [0, 0.05) is 30.9 Å². The van der Waals surface area contributed by atoms with Gasteiger partial charge in [-0.1, -0.05) is 54.6 Å². The van der Waals surface area contributed by atoms with Gasteiger partial charge in [-0.25, -0.2) is 14.5 Å². The molecule has 5 rings (SSSR count). The molecule has 2 fully saturated rings. The van der Waals surface area contributed by atoms with Gasteiger partial charge in [-0.15, -0.1) is 0 Å². The van der Waals surface area contributed by atoms with Crippen molar-refractivity contribution >= 4 is 17.9 Å². The van der Waals surface area contributed by atoms with Crippen LogP contribution in [0.3, 0.4) is 0 Å². The number of nitrogens with zero attached hydrogens (tertiary/aromatic N) is 3. The van der Waals surface area contributed by atoms with E-state index in [4.69, 9.17) is 0 Å². The zero-order chi connectivity index (χ0) is 25.2. The Morgan fingerprint density at radius 3 is 2.56 bits per heavy atom. The number of aliphatic carboxylic acids is 1. The first-order valence-electron chi connectivity index (χ1n) is 12.3. The number of carboxylic acids is 1. The van der Waals surface area contributed by atoms with Crippen molar-refractivity contribution in [2.45, 2.75) is 38.1 Å². The van der Waals surface area contributed by atoms with Gasteiger partial charge in [-0.05, 0) is 60.6 Å². The van der Waals surface area contributed by atoms with Crippen molar-refractivity contribution in [1.29, 1.82) is 0 Å². The Bertz CT molecular complexity index is 1290. The largest absolute Gasteiger partial charge is 0.480 e. The van der Waals surface area contributed by atoms with E-state index in [2.05, 4.69) is 35.3 Å². The molecule has 3 amide bonds. The maximum absolute atomic E-state index is 13.4. The lowest BCUT2D eigenvalue weighted by Crippen LogP contribution is -2.69. The molecule has 3 heterocycles. The molecular weight excluding hydrogens is 454 g/mol. The van der Waals surface area contributed by atoms with Crippen LogP contribution in [0.15, 0.2) is 72.9 Å². The second-order valence-corrected chi connectivity index (χ2v) is 9.67. The number of benzene rings is 2. The summed E-state index contributed by atoms with van der Waals surface area (Å²) in [5.41, 5.74) is 5.04. The van der Waals surface area contributed by atoms with Crippen molar-refractivity contribution in [3.63, 3.8) is 0 Å². The zero-order valence-corrected chi connectivity index (χ0v) is 20.2. The number of aromatic nitrogens is 1. The molecule has 2 aromatic carbocycles. The van der Waals surface area contributed by atoms with Gasteiger partial charge in [0.2, 0.25) is 5.91 Å². The fraction of sp³-hybridized carbons (Fsp3) is 0.310. The van der Waals surface area contributed by atoms with Crippen molar-refractivity contribution in [1.82, 2.24) is 14.8 Å². The molecule has 7 heteroatoms. The van der Waals surface area contributed by atoms with Crippen molar-refractivity contribution in [3.8, 4) is 11.1 Å². The van der Waals surface area contributed by atoms with Crippen LogP contribution in [0.5, 0.6) is 0 Å². The maximum atomic E-state index is 13.4. The van der Waals surface area contributed by atoms with Crippen LogP contribution in [0.1, 0.15) is 35.6 Å². The van der Waals surface area contributed by atoms with Crippen LogP contribution in [0.25, 0.3) is 11.1 Å². The first kappa shape index (κ1) is 23.7. The first-order valence-corrected chi connectivity index (χ1v) is 12.3. The number of imide groups is 1. The van der Waals surface area contributed by atoms with E-state index in [0.29, 0.717) is 13.1 Å². The minimum atomic E-state index is -1.15. The molecule has 184 valence electrons. The lowest BCUT2D eigenvalue weighted by atomic mass is 9.82. The van der Waals surface area contributed by atoms with Crippen molar-refractivity contribution in [3.05, 3.63) is 89.7 Å². The van der Waals surface area contributed by atoms with Gasteiger partial charge in [0.05, 0.1) is 5.92 Å². The Kier molecular flexibility index (Phi) is 6.55. The maximum Gasteiger partial charge on any atom is 0.327 e. The monoisotopic (exact) mass is 483 g/mol. The van der Waals surface area contributed by atoms with E-state index in [-0.39, 0.29) is 12.3 Å². The number of carboxylic acid groups (broad SMARTS) is 1. The summed E-state index contributed by atoms with van der Waals surface area (Å²) in [6.07, 6.45) is 3.65. The Morgan fingerprint density at radius 2 is 1.81 bits per heavy atom. The number of likely N-dealkylation sites (tertiary alicyclic amines) is 2. The molecule has 2 aliphatic heterocycles. The second kappa shape index (κ2) is 9.93. The van der Waals surface area contributed by atoms with Crippen LogP contribution < -0.4 is 0 Å². The highest BCUT2D eigenvalue weighted by atomic mass is 16.4. The number of pyridine rings is 1. The fourth-order valence-electron chi connectivity index (χ4n) is 5.41. The van der Waals surface area contributed by atoms with E-state index < -0.39 is 29.9 Å². The quantitative estimate of drug-likeness (QED) is 0.539. The number of rotatable bonds is 5. The van der Waals surface area contributed by atoms with E-state index in [1.54, 1.807) is 17.2 Å². The number of carbonyl (C=O) groups excluding carboxylic acids is 2. The van der Waals surface area contributed by atoms with Gasteiger partial charge in [0.25, 0.3) is 0 Å². The van der Waals surface area contributed by atoms with Crippen LogP contribution in [-0.4, -0.2) is 56.9 Å². The van der Waals surface area contributed by atoms with E-state index in [0.717, 1.165) is 45.7 Å². The number of amides is 3. The Hall–Kier alpha value is -4.00. The molecule has 2 saturated heterocycles. The van der Waals surface area contributed by atoms with Crippen LogP contribution in [-0.2, 0) is 16.0 Å². The molecule has 3 aromatic rings. The summed E-state index contributed by atoms with van der Waals surface area (Å²) in [5.74, 6) is -2.20. The third-order valence-corrected chi connectivity index (χ3v) is 7.25. The lowest BCUT2D eigenvalue weighted by molar-refractivity contribution is -0.166. The third-order valence-electron chi connectivity index (χ3n) is 7.25. The molecule has 0 saturated carbocycles. The third kappa shape index (κ3) is 4.61. The number of β-lactam (4-membered cyclic amide) rings is 1. The van der Waals surface area contributed by atoms with Gasteiger partial charge in [-0.3, -0.25) is 9.78 Å². The summed E-state index contributed by atoms with van der Waals surface area (Å²) < 4.78 is 0. The van der Waals surface area contributed by atoms with Crippen LogP contribution in [0.4, 0.5) is 4.79 Å². The molecule has 1 N–H and O–H groups in total. The minimum Gasteiger partial charge on any atom is -0.480 e. The van der Waals surface area contributed by atoms with Crippen molar-refractivity contribution in [2.24, 2.45) is 5.92 Å². The highest BCUT2D eigenvalue weighted by molar-refractivity contribution is 6.07. The molecule has 1 aromatic heterocycles. The van der Waals surface area contributed by atoms with Crippen LogP contribution >= 0.6 is 0 Å². The number of hydrogen-bond acceptors (Lipinski definition) is 4. The van der Waals surface area contributed by atoms with E-state index >= 15 is 0 Å². The molecule has 2 aliphatic rings. The zero-order valence-electron chi connectivity index (χ0n) is 20.2. The van der Waals surface area contributed by atoms with E-state index in [1.165, 1.54) is 0 Å². The number of aryl methyl sites for hydroxylation is 1. The molecule has 3 atom stereocenters. The molecule has 0 spiro atoms. The summed E-state index contributed by atoms with van der Waals surface area (Å²) in [6, 6.07) is 20.5. The van der Waals surface area contributed by atoms with E-state index in [1.807, 2.05) is 37.3 Å². The predicted molar refractivity (Wildman–Crippen MR) is 135 cm³/mol. The van der Waals surface area contributed by atoms with Crippen molar-refractivity contribution < 1.29 is 19.5 Å². The Labute approximate surface area is 210 Å². The van der Waals surface area contributed by atoms with Crippen molar-refractivity contribution in [2.75, 3.05) is 13.1 Å². The SMILES string of the molecule is Cc1cc(C[C@H]2C(=O)N(C(=O)N3CCCC(c4cccc(-c5ccccc5)c4)C3)[C@@H]2C(=O)O)ccn1. The average Bonchev–Trinajstić information content (AvgIpc) is 2.90. The molecule has 0 radical (unpaired) electrons. The lowest BCUT2D eigenvalue weighted by Gasteiger charge is -2.46. The summed E-state index contributed by atoms with van der Waals surface area (Å²) in [5, 5.41) is 9.86. The molecule has 7 nitrogen and oxygen atoms in total. The summed E-state index contributed by atoms with van der Waals surface area (Å²) in [6.45, 7) is 2.82. The normalized spacial score (nSPS) is 21.7. The Balaban J connectivity index is 1.30. The van der Waals surface area contributed by atoms with Crippen LogP contribution in [0.2, 0.25) is 0 Å². The van der Waals surface area contributed by atoms with Gasteiger partial charge < -0.3 is 10.0 Å². The number of urea groups is 1. The molecular formula is C29H29N3O4. The standard InChI is InChI=1S/C29H29N3O4/c1-19-15-20(12-13-30-19)16-25-26(28(34)35)32(27(25)33)29(36)31-14-6-11-24(18-31)23-10-5-9-22(17-23)21-7-3-2-4-8-21/h2-5,7-10,12-13,15,17,24-26H,6,11,14,16,18H2,1H3,(H,34,35)/t24?,25-,26+/m1/s1. The summed E-state index contributed by atoms with van der Waals surface area (Å²) >= 11 is 0. The average molecular weight is 484 g/mol. The second-order valence-electron chi connectivity index (χ2n) is 9.67. The van der Waals surface area contributed by atoms with Gasteiger partial charge in [0.15, 0.2) is 6.04 Å². The topological polar surface area (TPSA) is 90.8 Å². The highest BCUT2D eigenvalue weighted by Gasteiger charge is 2.55. The first-order chi connectivity index (χ1) is 17.4. The smallest absolute Gasteiger partial charge is 0.327 e. The van der Waals surface area contributed by atoms with Gasteiger partial charge in [-0.2, -0.15) is 0 Å². The number of carbonyl (C=O) groups is 3. The van der Waals surface area contributed by atoms with Crippen LogP contribution in [0, 0.1) is 12.8 Å². The highest BCUT2D eigenvalue weighted by Crippen LogP contribution is 2.35. The van der Waals surface area contributed by atoms with Gasteiger partial charge in [0.1, 0.15) is 0 Å². The minimum absolute atomic E-state index is 0.126. The van der Waals surface area contributed by atoms with Gasteiger partial charge >= 0.3 is 12.0 Å². The summed E-state index contributed by atoms with van der Waals surface area (Å²) in [7, 11) is 0. The number of hydrogen-bond donors (Lipinski definition) is 1. The van der Waals surface area contributed by atoms with E-state index in [9.17, 15) is 19.5 Å².